The maximum atomic E-state index is 12.0. The predicted octanol–water partition coefficient (Wildman–Crippen LogP) is 3.85. The number of aliphatic hydroxyl groups is 2. The highest BCUT2D eigenvalue weighted by molar-refractivity contribution is 5.81. The van der Waals surface area contributed by atoms with Gasteiger partial charge < -0.3 is 14.9 Å². The zero-order valence-electron chi connectivity index (χ0n) is 17.1. The molecular weight excluding hydrogens is 340 g/mol. The maximum absolute atomic E-state index is 12.0. The summed E-state index contributed by atoms with van der Waals surface area (Å²) in [7, 11) is 1.41. The molecule has 0 aromatic rings. The van der Waals surface area contributed by atoms with Crippen molar-refractivity contribution in [3.8, 4) is 0 Å². The number of allylic oxidation sites excluding steroid dienone is 1. The van der Waals surface area contributed by atoms with Crippen LogP contribution in [0.5, 0.6) is 0 Å². The van der Waals surface area contributed by atoms with Crippen LogP contribution in [0.3, 0.4) is 0 Å². The lowest BCUT2D eigenvalue weighted by Gasteiger charge is -2.63. The summed E-state index contributed by atoms with van der Waals surface area (Å²) in [5.74, 6) is 1.44. The van der Waals surface area contributed by atoms with E-state index in [1.54, 1.807) is 6.08 Å². The highest BCUT2D eigenvalue weighted by Crippen LogP contribution is 2.69. The minimum Gasteiger partial charge on any atom is -0.466 e. The van der Waals surface area contributed by atoms with Crippen LogP contribution in [-0.2, 0) is 9.53 Å². The van der Waals surface area contributed by atoms with Crippen LogP contribution < -0.4 is 0 Å². The maximum Gasteiger partial charge on any atom is 0.330 e. The van der Waals surface area contributed by atoms with Gasteiger partial charge in [0.05, 0.1) is 18.8 Å². The largest absolute Gasteiger partial charge is 0.466 e. The van der Waals surface area contributed by atoms with Crippen molar-refractivity contribution in [3.05, 3.63) is 12.2 Å². The third-order valence-electron chi connectivity index (χ3n) is 9.56. The first-order chi connectivity index (χ1) is 12.7. The van der Waals surface area contributed by atoms with Gasteiger partial charge in [-0.3, -0.25) is 0 Å². The van der Waals surface area contributed by atoms with Crippen molar-refractivity contribution in [2.24, 2.45) is 34.5 Å². The quantitative estimate of drug-likeness (QED) is 0.567. The van der Waals surface area contributed by atoms with E-state index in [2.05, 4.69) is 13.8 Å². The van der Waals surface area contributed by atoms with Crippen LogP contribution >= 0.6 is 0 Å². The number of esters is 1. The Morgan fingerprint density at radius 2 is 1.81 bits per heavy atom. The van der Waals surface area contributed by atoms with Gasteiger partial charge >= 0.3 is 5.97 Å². The molecule has 0 spiro atoms. The van der Waals surface area contributed by atoms with Crippen molar-refractivity contribution in [2.75, 3.05) is 7.11 Å². The average Bonchev–Trinajstić information content (AvgIpc) is 2.91. The number of carbonyl (C=O) groups is 1. The molecule has 0 saturated heterocycles. The summed E-state index contributed by atoms with van der Waals surface area (Å²) in [6.45, 7) is 4.69. The smallest absolute Gasteiger partial charge is 0.330 e. The van der Waals surface area contributed by atoms with Crippen molar-refractivity contribution in [1.82, 2.24) is 0 Å². The molecule has 152 valence electrons. The van der Waals surface area contributed by atoms with Gasteiger partial charge in [-0.1, -0.05) is 19.9 Å². The number of ether oxygens (including phenoxy) is 1. The Morgan fingerprint density at radius 1 is 1.04 bits per heavy atom. The fourth-order valence-corrected chi connectivity index (χ4v) is 7.82. The lowest BCUT2D eigenvalue weighted by atomic mass is 9.43. The highest BCUT2D eigenvalue weighted by Gasteiger charge is 2.66. The van der Waals surface area contributed by atoms with Gasteiger partial charge in [-0.05, 0) is 86.9 Å². The lowest BCUT2D eigenvalue weighted by Crippen LogP contribution is -2.62. The molecule has 0 amide bonds. The fraction of sp³-hybridized carbons (Fsp3) is 0.870. The van der Waals surface area contributed by atoms with E-state index in [4.69, 9.17) is 4.74 Å². The van der Waals surface area contributed by atoms with Crippen LogP contribution in [0.25, 0.3) is 0 Å². The normalized spacial score (nSPS) is 52.1. The van der Waals surface area contributed by atoms with E-state index in [0.717, 1.165) is 57.8 Å². The number of rotatable bonds is 2. The van der Waals surface area contributed by atoms with Crippen molar-refractivity contribution < 1.29 is 19.7 Å². The standard InChI is InChI=1S/C23H36O4/c1-21-11-9-17(24)14-16(21)4-6-19-18(21)10-12-22(2)15(5-7-20(25)27-3)8-13-23(19,22)26/h5,7,15-19,24,26H,4,6,8-14H2,1-3H3/b7-5+/t15-,16+,17-,18?,19?,21-,22+,23-/m0/s1. The van der Waals surface area contributed by atoms with Gasteiger partial charge in [0.25, 0.3) is 0 Å². The molecular formula is C23H36O4. The van der Waals surface area contributed by atoms with Gasteiger partial charge in [-0.2, -0.15) is 0 Å². The highest BCUT2D eigenvalue weighted by atomic mass is 16.5. The number of hydrogen-bond acceptors (Lipinski definition) is 4. The molecule has 4 nitrogen and oxygen atoms in total. The second kappa shape index (κ2) is 6.59. The molecule has 2 N–H and O–H groups in total. The molecule has 4 aliphatic rings. The second-order valence-corrected chi connectivity index (χ2v) is 10.3. The second-order valence-electron chi connectivity index (χ2n) is 10.3. The molecule has 0 aromatic carbocycles. The first-order valence-electron chi connectivity index (χ1n) is 10.9. The molecule has 0 heterocycles. The monoisotopic (exact) mass is 376 g/mol. The molecule has 2 unspecified atom stereocenters. The van der Waals surface area contributed by atoms with E-state index >= 15 is 0 Å². The fourth-order valence-electron chi connectivity index (χ4n) is 7.82. The SMILES string of the molecule is COC(=O)/C=C/[C@H]1CC[C@]2(O)C3CC[C@@H]4C[C@@H](O)CC[C@]4(C)C3CC[C@]12C. The Morgan fingerprint density at radius 3 is 2.56 bits per heavy atom. The molecule has 27 heavy (non-hydrogen) atoms. The van der Waals surface area contributed by atoms with Crippen LogP contribution in [0.1, 0.15) is 71.6 Å². The minimum absolute atomic E-state index is 0.129. The number of fused-ring (bicyclic) bond motifs is 5. The molecule has 4 heteroatoms. The van der Waals surface area contributed by atoms with E-state index in [1.165, 1.54) is 7.11 Å². The summed E-state index contributed by atoms with van der Waals surface area (Å²) >= 11 is 0. The summed E-state index contributed by atoms with van der Waals surface area (Å²) in [6.07, 6.45) is 12.6. The van der Waals surface area contributed by atoms with Crippen LogP contribution in [0.2, 0.25) is 0 Å². The third kappa shape index (κ3) is 2.73. The Hall–Kier alpha value is -0.870. The summed E-state index contributed by atoms with van der Waals surface area (Å²) in [5, 5.41) is 22.2. The third-order valence-corrected chi connectivity index (χ3v) is 9.56. The van der Waals surface area contributed by atoms with Crippen molar-refractivity contribution in [2.45, 2.75) is 83.3 Å². The molecule has 0 aromatic heterocycles. The van der Waals surface area contributed by atoms with Gasteiger partial charge in [0.1, 0.15) is 0 Å². The average molecular weight is 377 g/mol. The number of carbonyl (C=O) groups excluding carboxylic acids is 1. The number of aliphatic hydroxyl groups excluding tert-OH is 1. The summed E-state index contributed by atoms with van der Waals surface area (Å²) in [5.41, 5.74) is -0.527. The van der Waals surface area contributed by atoms with Gasteiger partial charge in [0, 0.05) is 11.5 Å². The predicted molar refractivity (Wildman–Crippen MR) is 104 cm³/mol. The molecule has 8 atom stereocenters. The zero-order chi connectivity index (χ0) is 19.4. The molecule has 0 radical (unpaired) electrons. The first kappa shape index (κ1) is 19.4. The first-order valence-corrected chi connectivity index (χ1v) is 10.9. The van der Waals surface area contributed by atoms with Crippen LogP contribution in [0.4, 0.5) is 0 Å². The molecule has 4 aliphatic carbocycles. The Bertz CT molecular complexity index is 630. The van der Waals surface area contributed by atoms with E-state index in [9.17, 15) is 15.0 Å². The van der Waals surface area contributed by atoms with E-state index in [0.29, 0.717) is 17.8 Å². The molecule has 4 fully saturated rings. The van der Waals surface area contributed by atoms with Crippen LogP contribution in [0, 0.1) is 34.5 Å². The van der Waals surface area contributed by atoms with Gasteiger partial charge in [0.2, 0.25) is 0 Å². The number of methoxy groups -OCH3 is 1. The molecule has 4 saturated carbocycles. The molecule has 0 bridgehead atoms. The van der Waals surface area contributed by atoms with Gasteiger partial charge in [0.15, 0.2) is 0 Å². The summed E-state index contributed by atoms with van der Waals surface area (Å²) in [6, 6.07) is 0. The Balaban J connectivity index is 1.60. The molecule has 4 rings (SSSR count). The van der Waals surface area contributed by atoms with Crippen molar-refractivity contribution >= 4 is 5.97 Å². The van der Waals surface area contributed by atoms with Crippen LogP contribution in [0.15, 0.2) is 12.2 Å². The minimum atomic E-state index is -0.634. The van der Waals surface area contributed by atoms with Crippen molar-refractivity contribution in [1.29, 1.82) is 0 Å². The van der Waals surface area contributed by atoms with E-state index < -0.39 is 5.60 Å². The molecule has 0 aliphatic heterocycles. The van der Waals surface area contributed by atoms with Gasteiger partial charge in [-0.25, -0.2) is 4.79 Å². The number of hydrogen-bond donors (Lipinski definition) is 2. The summed E-state index contributed by atoms with van der Waals surface area (Å²) < 4.78 is 4.76. The Labute approximate surface area is 163 Å². The van der Waals surface area contributed by atoms with E-state index in [1.807, 2.05) is 6.08 Å². The van der Waals surface area contributed by atoms with E-state index in [-0.39, 0.29) is 28.8 Å². The van der Waals surface area contributed by atoms with Crippen molar-refractivity contribution in [3.63, 3.8) is 0 Å². The summed E-state index contributed by atoms with van der Waals surface area (Å²) in [4.78, 5) is 11.6. The topological polar surface area (TPSA) is 66.8 Å². The van der Waals surface area contributed by atoms with Gasteiger partial charge in [-0.15, -0.1) is 0 Å². The van der Waals surface area contributed by atoms with Crippen LogP contribution in [-0.4, -0.2) is 35.0 Å². The lowest BCUT2D eigenvalue weighted by molar-refractivity contribution is -0.207. The Kier molecular flexibility index (Phi) is 4.74. The zero-order valence-corrected chi connectivity index (χ0v) is 17.1.